The van der Waals surface area contributed by atoms with Crippen LogP contribution in [0.15, 0.2) is 27.5 Å². The van der Waals surface area contributed by atoms with Gasteiger partial charge in [-0.15, -0.1) is 0 Å². The van der Waals surface area contributed by atoms with E-state index in [0.29, 0.717) is 0 Å². The van der Waals surface area contributed by atoms with Crippen LogP contribution in [-0.2, 0) is 14.9 Å². The van der Waals surface area contributed by atoms with E-state index in [2.05, 4.69) is 6.58 Å². The highest BCUT2D eigenvalue weighted by Gasteiger charge is 2.40. The van der Waals surface area contributed by atoms with Crippen LogP contribution in [0.5, 0.6) is 11.5 Å². The lowest BCUT2D eigenvalue weighted by molar-refractivity contribution is -0.130. The first kappa shape index (κ1) is 10.2. The molecule has 0 amide bonds. The molecule has 3 rings (SSSR count). The smallest absolute Gasteiger partial charge is 0.343 e. The maximum absolute atomic E-state index is 11.4. The summed E-state index contributed by atoms with van der Waals surface area (Å²) in [5, 5.41) is 0. The van der Waals surface area contributed by atoms with E-state index in [9.17, 15) is 13.2 Å². The third-order valence-electron chi connectivity index (χ3n) is 2.34. The first-order chi connectivity index (χ1) is 7.90. The van der Waals surface area contributed by atoms with E-state index in [4.69, 9.17) is 13.3 Å². The molecule has 7 heteroatoms. The predicted molar refractivity (Wildman–Crippen MR) is 55.7 cm³/mol. The number of carbonyl (C=O) groups excluding carboxylic acids is 1. The molecule has 0 unspecified atom stereocenters. The normalized spacial score (nSPS) is 16.1. The van der Waals surface area contributed by atoms with Gasteiger partial charge in [0.1, 0.15) is 0 Å². The Morgan fingerprint density at radius 3 is 2.82 bits per heavy atom. The zero-order valence-electron chi connectivity index (χ0n) is 8.64. The fourth-order valence-electron chi connectivity index (χ4n) is 1.55. The van der Waals surface area contributed by atoms with E-state index in [1.165, 1.54) is 13.0 Å². The Hall–Kier alpha value is -2.02. The molecule has 0 N–H and O–H groups in total. The van der Waals surface area contributed by atoms with Crippen molar-refractivity contribution in [2.45, 2.75) is 11.8 Å². The number of esters is 1. The molecule has 0 aromatic carbocycles. The second-order valence-corrected chi connectivity index (χ2v) is 5.18. The lowest BCUT2D eigenvalue weighted by Gasteiger charge is -2.01. The molecule has 2 aromatic rings. The summed E-state index contributed by atoms with van der Waals surface area (Å²) in [6.45, 7) is 4.90. The van der Waals surface area contributed by atoms with Gasteiger partial charge < -0.3 is 13.3 Å². The minimum atomic E-state index is -3.81. The van der Waals surface area contributed by atoms with Crippen molar-refractivity contribution in [3.8, 4) is 11.5 Å². The van der Waals surface area contributed by atoms with Crippen molar-refractivity contribution in [3.63, 3.8) is 0 Å². The maximum Gasteiger partial charge on any atom is 0.343 e. The molecule has 0 saturated heterocycles. The maximum atomic E-state index is 11.4. The first-order valence-corrected chi connectivity index (χ1v) is 6.02. The minimum absolute atomic E-state index is 0.0159. The highest BCUT2D eigenvalue weighted by molar-refractivity contribution is 7.87. The summed E-state index contributed by atoms with van der Waals surface area (Å²) >= 11 is 0. The number of hydrogen-bond donors (Lipinski definition) is 0. The van der Waals surface area contributed by atoms with Gasteiger partial charge in [-0.25, -0.2) is 4.79 Å². The first-order valence-electron chi connectivity index (χ1n) is 4.61. The molecule has 0 fully saturated rings. The van der Waals surface area contributed by atoms with Crippen molar-refractivity contribution >= 4 is 27.3 Å². The van der Waals surface area contributed by atoms with Gasteiger partial charge in [-0.2, -0.15) is 8.42 Å². The molecule has 2 bridgehead atoms. The standard InChI is InChI=1S/C10H6O6S/c1-4(2)10(11)15-7-5-3-6-8(14-5)9(7)16-17(6,12)13/h3H,1H2,2H3. The predicted octanol–water partition coefficient (Wildman–Crippen LogP) is 1.43. The van der Waals surface area contributed by atoms with E-state index in [-0.39, 0.29) is 33.1 Å². The Labute approximate surface area is 95.9 Å². The molecule has 0 radical (unpaired) electrons. The van der Waals surface area contributed by atoms with Crippen LogP contribution in [0, 0.1) is 0 Å². The number of fused-ring (bicyclic) bond motifs is 1. The lowest BCUT2D eigenvalue weighted by Crippen LogP contribution is -2.08. The average molecular weight is 254 g/mol. The van der Waals surface area contributed by atoms with E-state index in [1.807, 2.05) is 0 Å². The number of benzene rings is 1. The number of rotatable bonds is 2. The largest absolute Gasteiger partial charge is 0.448 e. The van der Waals surface area contributed by atoms with Crippen molar-refractivity contribution in [2.24, 2.45) is 0 Å². The fraction of sp³-hybridized carbons (Fsp3) is 0.100. The highest BCUT2D eigenvalue weighted by Crippen LogP contribution is 2.51. The van der Waals surface area contributed by atoms with Gasteiger partial charge in [-0.3, -0.25) is 0 Å². The fourth-order valence-corrected chi connectivity index (χ4v) is 2.63. The molecular weight excluding hydrogens is 248 g/mol. The molecule has 88 valence electrons. The summed E-state index contributed by atoms with van der Waals surface area (Å²) < 4.78 is 37.7. The van der Waals surface area contributed by atoms with Gasteiger partial charge in [0, 0.05) is 11.6 Å². The van der Waals surface area contributed by atoms with Gasteiger partial charge in [-0.1, -0.05) is 6.58 Å². The molecule has 0 atom stereocenters. The Morgan fingerprint density at radius 1 is 1.47 bits per heavy atom. The van der Waals surface area contributed by atoms with Gasteiger partial charge >= 0.3 is 16.1 Å². The molecule has 0 spiro atoms. The van der Waals surface area contributed by atoms with Crippen LogP contribution >= 0.6 is 0 Å². The number of carbonyl (C=O) groups is 1. The quantitative estimate of drug-likeness (QED) is 0.349. The van der Waals surface area contributed by atoms with Gasteiger partial charge in [0.15, 0.2) is 16.1 Å². The van der Waals surface area contributed by atoms with E-state index >= 15 is 0 Å². The molecular formula is C10H6O6S. The van der Waals surface area contributed by atoms with Gasteiger partial charge in [0.2, 0.25) is 11.5 Å². The van der Waals surface area contributed by atoms with Crippen LogP contribution in [0.2, 0.25) is 0 Å². The molecule has 1 aliphatic heterocycles. The summed E-state index contributed by atoms with van der Waals surface area (Å²) in [6.07, 6.45) is 0. The summed E-state index contributed by atoms with van der Waals surface area (Å²) in [5.74, 6) is -0.746. The van der Waals surface area contributed by atoms with Gasteiger partial charge in [0.25, 0.3) is 0 Å². The van der Waals surface area contributed by atoms with E-state index in [0.717, 1.165) is 0 Å². The second-order valence-electron chi connectivity index (χ2n) is 3.67. The number of hydrogen-bond acceptors (Lipinski definition) is 6. The summed E-state index contributed by atoms with van der Waals surface area (Å²) in [4.78, 5) is 11.3. The van der Waals surface area contributed by atoms with Crippen LogP contribution in [0.1, 0.15) is 6.92 Å². The Bertz CT molecular complexity index is 751. The molecule has 0 saturated carbocycles. The van der Waals surface area contributed by atoms with Crippen LogP contribution in [0.25, 0.3) is 11.2 Å². The highest BCUT2D eigenvalue weighted by atomic mass is 32.2. The summed E-state index contributed by atoms with van der Waals surface area (Å²) in [6, 6.07) is 1.27. The molecule has 3 heterocycles. The topological polar surface area (TPSA) is 82.8 Å². The van der Waals surface area contributed by atoms with E-state index < -0.39 is 16.1 Å². The average Bonchev–Trinajstić information content (AvgIpc) is 2.81. The van der Waals surface area contributed by atoms with Crippen molar-refractivity contribution in [1.82, 2.24) is 0 Å². The Kier molecular flexibility index (Phi) is 1.68. The summed E-state index contributed by atoms with van der Waals surface area (Å²) in [7, 11) is -3.81. The van der Waals surface area contributed by atoms with Gasteiger partial charge in [0.05, 0.1) is 0 Å². The lowest BCUT2D eigenvalue weighted by atomic mass is 10.3. The minimum Gasteiger partial charge on any atom is -0.448 e. The van der Waals surface area contributed by atoms with E-state index in [1.54, 1.807) is 0 Å². The summed E-state index contributed by atoms with van der Waals surface area (Å²) in [5.41, 5.74) is 0.446. The zero-order valence-corrected chi connectivity index (χ0v) is 9.46. The van der Waals surface area contributed by atoms with Crippen molar-refractivity contribution in [1.29, 1.82) is 0 Å². The van der Waals surface area contributed by atoms with Crippen LogP contribution in [-0.4, -0.2) is 14.4 Å². The second kappa shape index (κ2) is 2.80. The third-order valence-corrected chi connectivity index (χ3v) is 3.57. The number of furan rings is 2. The van der Waals surface area contributed by atoms with Crippen LogP contribution in [0.3, 0.4) is 0 Å². The van der Waals surface area contributed by atoms with Crippen molar-refractivity contribution in [2.75, 3.05) is 0 Å². The zero-order chi connectivity index (χ0) is 12.4. The molecule has 1 aliphatic rings. The molecule has 6 nitrogen and oxygen atoms in total. The van der Waals surface area contributed by atoms with Crippen molar-refractivity contribution < 1.29 is 26.5 Å². The van der Waals surface area contributed by atoms with Crippen molar-refractivity contribution in [3.05, 3.63) is 18.2 Å². The molecule has 17 heavy (non-hydrogen) atoms. The monoisotopic (exact) mass is 254 g/mol. The number of ether oxygens (including phenoxy) is 1. The Morgan fingerprint density at radius 2 is 2.18 bits per heavy atom. The van der Waals surface area contributed by atoms with Crippen LogP contribution in [0.4, 0.5) is 0 Å². The Balaban J connectivity index is 2.11. The van der Waals surface area contributed by atoms with Gasteiger partial charge in [-0.05, 0) is 6.92 Å². The SMILES string of the molecule is C=C(C)C(=O)Oc1c2c3oc1cc3S(=O)(=O)O2. The molecule has 2 aromatic heterocycles. The molecule has 0 aliphatic carbocycles. The third kappa shape index (κ3) is 1.19. The van der Waals surface area contributed by atoms with Crippen LogP contribution < -0.4 is 8.92 Å².